The van der Waals surface area contributed by atoms with Crippen molar-refractivity contribution >= 4 is 6.21 Å². The summed E-state index contributed by atoms with van der Waals surface area (Å²) in [5, 5.41) is 6.90. The molecule has 0 aromatic rings. The van der Waals surface area contributed by atoms with Crippen molar-refractivity contribution < 1.29 is 0 Å². The molecule has 0 aliphatic carbocycles. The zero-order chi connectivity index (χ0) is 9.40. The van der Waals surface area contributed by atoms with Gasteiger partial charge in [0.25, 0.3) is 0 Å². The minimum Gasteiger partial charge on any atom is -0.309 e. The summed E-state index contributed by atoms with van der Waals surface area (Å²) in [6, 6.07) is 0. The largest absolute Gasteiger partial charge is 0.309 e. The van der Waals surface area contributed by atoms with E-state index in [4.69, 9.17) is 5.41 Å². The monoisotopic (exact) mass is 161 g/mol. The third kappa shape index (κ3) is 3.71. The molecule has 1 N–H and O–H groups in total. The van der Waals surface area contributed by atoms with Crippen molar-refractivity contribution in [2.45, 2.75) is 13.8 Å². The van der Waals surface area contributed by atoms with Crippen LogP contribution in [0.1, 0.15) is 13.8 Å². The molecule has 0 rings (SSSR count). The van der Waals surface area contributed by atoms with Gasteiger partial charge in [-0.05, 0) is 31.1 Å². The second-order valence-corrected chi connectivity index (χ2v) is 2.37. The van der Waals surface area contributed by atoms with Crippen molar-refractivity contribution in [2.24, 2.45) is 0 Å². The number of nitrogens with one attached hydrogen (secondary N) is 1. The van der Waals surface area contributed by atoms with Crippen LogP contribution in [0.3, 0.4) is 0 Å². The minimum atomic E-state index is 1.05. The van der Waals surface area contributed by atoms with Crippen LogP contribution < -0.4 is 0 Å². The van der Waals surface area contributed by atoms with E-state index in [1.54, 1.807) is 12.2 Å². The van der Waals surface area contributed by atoms with Crippen molar-refractivity contribution in [1.29, 1.82) is 5.41 Å². The molecule has 64 valence electrons. The Labute approximate surface area is 74.3 Å². The van der Waals surface area contributed by atoms with E-state index in [-0.39, 0.29) is 0 Å². The SMILES string of the molecule is C=CC(=C\C=C/C)/C(C)=C/C=N. The predicted molar refractivity (Wildman–Crippen MR) is 55.6 cm³/mol. The fourth-order valence-corrected chi connectivity index (χ4v) is 0.782. The Morgan fingerprint density at radius 1 is 1.33 bits per heavy atom. The van der Waals surface area contributed by atoms with Crippen molar-refractivity contribution in [3.05, 3.63) is 48.1 Å². The van der Waals surface area contributed by atoms with E-state index >= 15 is 0 Å². The van der Waals surface area contributed by atoms with Gasteiger partial charge >= 0.3 is 0 Å². The highest BCUT2D eigenvalue weighted by atomic mass is 14.3. The highest BCUT2D eigenvalue weighted by Crippen LogP contribution is 2.09. The first-order valence-corrected chi connectivity index (χ1v) is 3.89. The summed E-state index contributed by atoms with van der Waals surface area (Å²) in [6.45, 7) is 7.62. The second kappa shape index (κ2) is 6.35. The van der Waals surface area contributed by atoms with Gasteiger partial charge < -0.3 is 5.41 Å². The van der Waals surface area contributed by atoms with Gasteiger partial charge in [-0.2, -0.15) is 0 Å². The molecular weight excluding hydrogens is 146 g/mol. The van der Waals surface area contributed by atoms with Crippen LogP contribution in [-0.4, -0.2) is 6.21 Å². The molecule has 1 heteroatoms. The summed E-state index contributed by atoms with van der Waals surface area (Å²) in [5.74, 6) is 0. The van der Waals surface area contributed by atoms with Gasteiger partial charge in [-0.15, -0.1) is 0 Å². The number of hydrogen-bond donors (Lipinski definition) is 1. The maximum atomic E-state index is 6.90. The molecule has 0 atom stereocenters. The van der Waals surface area contributed by atoms with Crippen LogP contribution in [0, 0.1) is 5.41 Å². The van der Waals surface area contributed by atoms with Crippen LogP contribution in [0.25, 0.3) is 0 Å². The van der Waals surface area contributed by atoms with Crippen molar-refractivity contribution in [3.63, 3.8) is 0 Å². The Morgan fingerprint density at radius 2 is 2.00 bits per heavy atom. The van der Waals surface area contributed by atoms with Gasteiger partial charge in [0, 0.05) is 6.21 Å². The standard InChI is InChI=1S/C11H15N/c1-4-6-7-11(5-2)10(3)8-9-12/h4-9,12H,2H2,1,3H3/b6-4-,10-8+,11-7+,12-9?. The minimum absolute atomic E-state index is 1.05. The van der Waals surface area contributed by atoms with Crippen LogP contribution in [0.2, 0.25) is 0 Å². The molecule has 0 unspecified atom stereocenters. The zero-order valence-electron chi connectivity index (χ0n) is 7.67. The molecule has 0 saturated carbocycles. The van der Waals surface area contributed by atoms with Gasteiger partial charge in [0.05, 0.1) is 0 Å². The molecule has 0 aliphatic heterocycles. The molecule has 12 heavy (non-hydrogen) atoms. The summed E-state index contributed by atoms with van der Waals surface area (Å²) < 4.78 is 0. The van der Waals surface area contributed by atoms with E-state index < -0.39 is 0 Å². The molecule has 1 nitrogen and oxygen atoms in total. The van der Waals surface area contributed by atoms with Gasteiger partial charge in [-0.25, -0.2) is 0 Å². The molecule has 0 saturated heterocycles. The van der Waals surface area contributed by atoms with Crippen molar-refractivity contribution in [2.75, 3.05) is 0 Å². The first-order valence-electron chi connectivity index (χ1n) is 3.89. The Bertz CT molecular complexity index is 242. The Balaban J connectivity index is 4.65. The zero-order valence-corrected chi connectivity index (χ0v) is 7.67. The van der Waals surface area contributed by atoms with E-state index in [2.05, 4.69) is 6.58 Å². The van der Waals surface area contributed by atoms with E-state index in [0.29, 0.717) is 0 Å². The van der Waals surface area contributed by atoms with E-state index in [9.17, 15) is 0 Å². The normalized spacial score (nSPS) is 13.5. The van der Waals surface area contributed by atoms with Gasteiger partial charge in [0.2, 0.25) is 0 Å². The molecule has 0 radical (unpaired) electrons. The average Bonchev–Trinajstić information content (AvgIpc) is 2.06. The second-order valence-electron chi connectivity index (χ2n) is 2.37. The van der Waals surface area contributed by atoms with E-state index in [0.717, 1.165) is 11.1 Å². The third-order valence-electron chi connectivity index (χ3n) is 1.48. The lowest BCUT2D eigenvalue weighted by Gasteiger charge is -1.98. The summed E-state index contributed by atoms with van der Waals surface area (Å²) in [5.41, 5.74) is 2.11. The quantitative estimate of drug-likeness (QED) is 0.483. The first kappa shape index (κ1) is 10.6. The smallest absolute Gasteiger partial charge is 0.0180 e. The molecule has 0 heterocycles. The summed E-state index contributed by atoms with van der Waals surface area (Å²) in [6.07, 6.45) is 10.7. The highest BCUT2D eigenvalue weighted by Gasteiger charge is 1.90. The van der Waals surface area contributed by atoms with Crippen LogP contribution in [0.4, 0.5) is 0 Å². The highest BCUT2D eigenvalue weighted by molar-refractivity contribution is 5.71. The van der Waals surface area contributed by atoms with Crippen LogP contribution in [0.15, 0.2) is 48.1 Å². The Hall–Kier alpha value is -1.37. The van der Waals surface area contributed by atoms with Gasteiger partial charge in [0.15, 0.2) is 0 Å². The third-order valence-corrected chi connectivity index (χ3v) is 1.48. The fraction of sp³-hybridized carbons (Fsp3) is 0.182. The van der Waals surface area contributed by atoms with Crippen molar-refractivity contribution in [3.8, 4) is 0 Å². The average molecular weight is 161 g/mol. The predicted octanol–water partition coefficient (Wildman–Crippen LogP) is 3.27. The molecule has 0 aliphatic rings. The van der Waals surface area contributed by atoms with Crippen LogP contribution >= 0.6 is 0 Å². The Kier molecular flexibility index (Phi) is 5.62. The maximum Gasteiger partial charge on any atom is 0.0180 e. The fourth-order valence-electron chi connectivity index (χ4n) is 0.782. The van der Waals surface area contributed by atoms with E-state index in [1.807, 2.05) is 32.1 Å². The van der Waals surface area contributed by atoms with Gasteiger partial charge in [-0.3, -0.25) is 0 Å². The topological polar surface area (TPSA) is 23.9 Å². The molecule has 0 bridgehead atoms. The van der Waals surface area contributed by atoms with Crippen LogP contribution in [-0.2, 0) is 0 Å². The number of rotatable bonds is 4. The van der Waals surface area contributed by atoms with E-state index in [1.165, 1.54) is 6.21 Å². The lowest BCUT2D eigenvalue weighted by atomic mass is 10.1. The lowest BCUT2D eigenvalue weighted by molar-refractivity contribution is 1.43. The molecule has 0 amide bonds. The molecular formula is C11H15N. The van der Waals surface area contributed by atoms with Gasteiger partial charge in [0.1, 0.15) is 0 Å². The summed E-state index contributed by atoms with van der Waals surface area (Å²) >= 11 is 0. The molecule has 0 aromatic heterocycles. The molecule has 0 fully saturated rings. The number of hydrogen-bond acceptors (Lipinski definition) is 1. The molecule has 0 spiro atoms. The van der Waals surface area contributed by atoms with Crippen LogP contribution in [0.5, 0.6) is 0 Å². The summed E-state index contributed by atoms with van der Waals surface area (Å²) in [4.78, 5) is 0. The molecule has 0 aromatic carbocycles. The van der Waals surface area contributed by atoms with Crippen molar-refractivity contribution in [1.82, 2.24) is 0 Å². The Morgan fingerprint density at radius 3 is 2.42 bits per heavy atom. The summed E-state index contributed by atoms with van der Waals surface area (Å²) in [7, 11) is 0. The number of allylic oxidation sites excluding steroid dienone is 7. The first-order chi connectivity index (χ1) is 5.76. The lowest BCUT2D eigenvalue weighted by Crippen LogP contribution is -1.80. The maximum absolute atomic E-state index is 6.90. The van der Waals surface area contributed by atoms with Gasteiger partial charge in [-0.1, -0.05) is 30.9 Å².